The van der Waals surface area contributed by atoms with Crippen LogP contribution in [0.4, 0.5) is 11.4 Å². The van der Waals surface area contributed by atoms with Crippen LogP contribution in [0.3, 0.4) is 0 Å². The molecule has 0 aromatic heterocycles. The molecular formula is C21H17Cl3N4O4S. The molecule has 0 spiro atoms. The zero-order valence-corrected chi connectivity index (χ0v) is 20.1. The Hall–Kier alpha value is -2.85. The van der Waals surface area contributed by atoms with Gasteiger partial charge in [0.1, 0.15) is 11.9 Å². The number of nitro benzene ring substituents is 1. The summed E-state index contributed by atoms with van der Waals surface area (Å²) in [5.41, 5.74) is 0.421. The van der Waals surface area contributed by atoms with Crippen molar-refractivity contribution < 1.29 is 14.5 Å². The molecule has 0 aliphatic rings. The molecule has 3 N–H and O–H groups in total. The SMILES string of the molecule is COc1ccc([N+](=O)[O-])cc1NC(=S)NC(NC(=O)c1cccc2ccccc12)C(Cl)(Cl)Cl. The molecule has 1 amide bonds. The fourth-order valence-electron chi connectivity index (χ4n) is 3.03. The van der Waals surface area contributed by atoms with Gasteiger partial charge in [-0.05, 0) is 35.1 Å². The van der Waals surface area contributed by atoms with Gasteiger partial charge in [-0.2, -0.15) is 0 Å². The number of methoxy groups -OCH3 is 1. The summed E-state index contributed by atoms with van der Waals surface area (Å²) in [6.45, 7) is 0. The Morgan fingerprint density at radius 1 is 1.09 bits per heavy atom. The fraction of sp³-hybridized carbons (Fsp3) is 0.143. The number of rotatable bonds is 6. The highest BCUT2D eigenvalue weighted by molar-refractivity contribution is 7.80. The normalized spacial score (nSPS) is 12.0. The molecule has 8 nitrogen and oxygen atoms in total. The van der Waals surface area contributed by atoms with Gasteiger partial charge in [0.2, 0.25) is 3.79 Å². The topological polar surface area (TPSA) is 106 Å². The molecule has 3 aromatic carbocycles. The zero-order valence-electron chi connectivity index (χ0n) is 17.0. The molecule has 0 aliphatic heterocycles. The van der Waals surface area contributed by atoms with Gasteiger partial charge in [-0.15, -0.1) is 0 Å². The van der Waals surface area contributed by atoms with Gasteiger partial charge in [-0.1, -0.05) is 71.2 Å². The van der Waals surface area contributed by atoms with E-state index in [1.807, 2.05) is 30.3 Å². The summed E-state index contributed by atoms with van der Waals surface area (Å²) in [6, 6.07) is 16.6. The first-order valence-corrected chi connectivity index (χ1v) is 10.9. The highest BCUT2D eigenvalue weighted by atomic mass is 35.6. The number of alkyl halides is 3. The molecule has 0 saturated carbocycles. The van der Waals surface area contributed by atoms with Gasteiger partial charge >= 0.3 is 0 Å². The minimum atomic E-state index is -1.99. The summed E-state index contributed by atoms with van der Waals surface area (Å²) in [5, 5.41) is 20.7. The van der Waals surface area contributed by atoms with Crippen LogP contribution in [0.25, 0.3) is 10.8 Å². The van der Waals surface area contributed by atoms with Crippen LogP contribution in [0.15, 0.2) is 60.7 Å². The lowest BCUT2D eigenvalue weighted by molar-refractivity contribution is -0.384. The van der Waals surface area contributed by atoms with Crippen LogP contribution in [-0.2, 0) is 0 Å². The average molecular weight is 528 g/mol. The summed E-state index contributed by atoms with van der Waals surface area (Å²) in [4.78, 5) is 23.5. The number of hydrogen-bond donors (Lipinski definition) is 3. The number of carbonyl (C=O) groups is 1. The molecule has 0 fully saturated rings. The van der Waals surface area contributed by atoms with Gasteiger partial charge in [0.15, 0.2) is 5.11 Å². The number of benzene rings is 3. The summed E-state index contributed by atoms with van der Waals surface area (Å²) in [5.74, 6) is -0.193. The Labute approximate surface area is 209 Å². The lowest BCUT2D eigenvalue weighted by atomic mass is 10.0. The van der Waals surface area contributed by atoms with Crippen molar-refractivity contribution in [3.8, 4) is 5.75 Å². The molecule has 1 atom stereocenters. The number of amides is 1. The number of anilines is 1. The third-order valence-electron chi connectivity index (χ3n) is 4.55. The maximum atomic E-state index is 13.0. The van der Waals surface area contributed by atoms with Gasteiger partial charge in [-0.25, -0.2) is 0 Å². The lowest BCUT2D eigenvalue weighted by Crippen LogP contribution is -2.56. The third kappa shape index (κ3) is 6.14. The van der Waals surface area contributed by atoms with Gasteiger partial charge < -0.3 is 20.7 Å². The van der Waals surface area contributed by atoms with Crippen LogP contribution < -0.4 is 20.7 Å². The number of nitro groups is 1. The van der Waals surface area contributed by atoms with Crippen molar-refractivity contribution in [3.05, 3.63) is 76.3 Å². The minimum absolute atomic E-state index is 0.0663. The average Bonchev–Trinajstić information content (AvgIpc) is 2.77. The predicted molar refractivity (Wildman–Crippen MR) is 134 cm³/mol. The summed E-state index contributed by atoms with van der Waals surface area (Å²) < 4.78 is 3.21. The quantitative estimate of drug-likeness (QED) is 0.133. The second-order valence-corrected chi connectivity index (χ2v) is 9.49. The van der Waals surface area contributed by atoms with E-state index in [9.17, 15) is 14.9 Å². The molecule has 1 unspecified atom stereocenters. The van der Waals surface area contributed by atoms with E-state index < -0.39 is 20.8 Å². The van der Waals surface area contributed by atoms with Crippen LogP contribution >= 0.6 is 47.0 Å². The number of carbonyl (C=O) groups excluding carboxylic acids is 1. The van der Waals surface area contributed by atoms with Gasteiger partial charge in [0.05, 0.1) is 17.7 Å². The first kappa shape index (κ1) is 24.8. The molecule has 0 radical (unpaired) electrons. The first-order valence-electron chi connectivity index (χ1n) is 9.35. The van der Waals surface area contributed by atoms with Crippen LogP contribution in [0.5, 0.6) is 5.75 Å². The summed E-state index contributed by atoms with van der Waals surface area (Å²) in [6.07, 6.45) is -1.24. The number of halogens is 3. The number of non-ortho nitro benzene ring substituents is 1. The van der Waals surface area contributed by atoms with E-state index >= 15 is 0 Å². The molecule has 0 bridgehead atoms. The lowest BCUT2D eigenvalue weighted by Gasteiger charge is -2.28. The molecule has 0 saturated heterocycles. The van der Waals surface area contributed by atoms with Crippen molar-refractivity contribution in [1.82, 2.24) is 10.6 Å². The molecular weight excluding hydrogens is 511 g/mol. The molecule has 3 aromatic rings. The Balaban J connectivity index is 1.80. The van der Waals surface area contributed by atoms with E-state index in [4.69, 9.17) is 51.8 Å². The monoisotopic (exact) mass is 526 g/mol. The van der Waals surface area contributed by atoms with E-state index in [2.05, 4.69) is 16.0 Å². The molecule has 12 heteroatoms. The molecule has 172 valence electrons. The van der Waals surface area contributed by atoms with Crippen molar-refractivity contribution >= 4 is 80.2 Å². The number of nitrogens with one attached hydrogen (secondary N) is 3. The molecule has 0 heterocycles. The summed E-state index contributed by atoms with van der Waals surface area (Å²) >= 11 is 23.5. The molecule has 33 heavy (non-hydrogen) atoms. The number of nitrogens with zero attached hydrogens (tertiary/aromatic N) is 1. The number of hydrogen-bond acceptors (Lipinski definition) is 5. The van der Waals surface area contributed by atoms with Crippen molar-refractivity contribution in [2.75, 3.05) is 12.4 Å². The van der Waals surface area contributed by atoms with E-state index in [1.54, 1.807) is 12.1 Å². The van der Waals surface area contributed by atoms with E-state index in [-0.39, 0.29) is 16.5 Å². The highest BCUT2D eigenvalue weighted by Gasteiger charge is 2.35. The Kier molecular flexibility index (Phi) is 7.80. The van der Waals surface area contributed by atoms with Crippen LogP contribution in [0.1, 0.15) is 10.4 Å². The highest BCUT2D eigenvalue weighted by Crippen LogP contribution is 2.31. The first-order chi connectivity index (χ1) is 15.6. The summed E-state index contributed by atoms with van der Waals surface area (Å²) in [7, 11) is 1.40. The number of thiocarbonyl (C=S) groups is 1. The van der Waals surface area contributed by atoms with Crippen molar-refractivity contribution in [3.63, 3.8) is 0 Å². The largest absolute Gasteiger partial charge is 0.495 e. The smallest absolute Gasteiger partial charge is 0.271 e. The van der Waals surface area contributed by atoms with E-state index in [0.29, 0.717) is 11.3 Å². The third-order valence-corrected chi connectivity index (χ3v) is 5.43. The molecule has 3 rings (SSSR count). The number of fused-ring (bicyclic) bond motifs is 1. The fourth-order valence-corrected chi connectivity index (χ4v) is 3.58. The van der Waals surface area contributed by atoms with Crippen molar-refractivity contribution in [2.24, 2.45) is 0 Å². The Morgan fingerprint density at radius 3 is 2.45 bits per heavy atom. The second kappa shape index (κ2) is 10.4. The van der Waals surface area contributed by atoms with Gasteiger partial charge in [0.25, 0.3) is 11.6 Å². The van der Waals surface area contributed by atoms with Gasteiger partial charge in [-0.3, -0.25) is 14.9 Å². The predicted octanol–water partition coefficient (Wildman–Crippen LogP) is 5.17. The maximum Gasteiger partial charge on any atom is 0.271 e. The molecule has 0 aliphatic carbocycles. The van der Waals surface area contributed by atoms with Crippen molar-refractivity contribution in [2.45, 2.75) is 9.96 Å². The zero-order chi connectivity index (χ0) is 24.2. The van der Waals surface area contributed by atoms with E-state index in [1.165, 1.54) is 25.3 Å². The van der Waals surface area contributed by atoms with E-state index in [0.717, 1.165) is 10.8 Å². The van der Waals surface area contributed by atoms with Gasteiger partial charge in [0, 0.05) is 17.7 Å². The Bertz CT molecular complexity index is 1210. The second-order valence-electron chi connectivity index (χ2n) is 6.71. The van der Waals surface area contributed by atoms with Crippen LogP contribution in [0, 0.1) is 10.1 Å². The Morgan fingerprint density at radius 2 is 1.79 bits per heavy atom. The van der Waals surface area contributed by atoms with Crippen molar-refractivity contribution in [1.29, 1.82) is 0 Å². The van der Waals surface area contributed by atoms with Crippen LogP contribution in [-0.4, -0.2) is 33.0 Å². The minimum Gasteiger partial charge on any atom is -0.495 e. The number of ether oxygens (including phenoxy) is 1. The maximum absolute atomic E-state index is 13.0. The van der Waals surface area contributed by atoms with Crippen LogP contribution in [0.2, 0.25) is 0 Å². The standard InChI is InChI=1S/C21H17Cl3N4O4S/c1-32-17-10-9-13(28(30)31)11-16(17)25-20(33)27-19(21(22,23)24)26-18(29)15-8-4-6-12-5-2-3-7-14(12)15/h2-11,19H,1H3,(H,26,29)(H2,25,27,33).